The Morgan fingerprint density at radius 3 is 1.69 bits per heavy atom. The maximum atomic E-state index is 2.52. The normalized spacial score (nSPS) is 12.7. The predicted octanol–water partition coefficient (Wildman–Crippen LogP) is 11.9. The molecule has 2 aliphatic rings. The van der Waals surface area contributed by atoms with Gasteiger partial charge in [-0.3, -0.25) is 0 Å². The largest absolute Gasteiger partial charge is 0.311 e. The smallest absolute Gasteiger partial charge is 0.252 e. The van der Waals surface area contributed by atoms with Gasteiger partial charge in [0, 0.05) is 50.6 Å². The first kappa shape index (κ1) is 31.5. The first-order chi connectivity index (χ1) is 27.2. The lowest BCUT2D eigenvalue weighted by molar-refractivity contribution is 1.25. The molecule has 0 bridgehead atoms. The lowest BCUT2D eigenvalue weighted by Crippen LogP contribution is -2.61. The maximum absolute atomic E-state index is 2.52. The third-order valence-electron chi connectivity index (χ3n) is 11.4. The average Bonchev–Trinajstić information content (AvgIpc) is 3.25. The number of benzene rings is 9. The summed E-state index contributed by atoms with van der Waals surface area (Å²) >= 11 is 0. The number of fused-ring (bicyclic) bond motifs is 7. The summed E-state index contributed by atoms with van der Waals surface area (Å²) in [5, 5.41) is 4.94. The Bertz CT molecular complexity index is 2860. The highest BCUT2D eigenvalue weighted by Crippen LogP contribution is 2.48. The van der Waals surface area contributed by atoms with Gasteiger partial charge in [0.05, 0.1) is 11.4 Å². The van der Waals surface area contributed by atoms with Crippen LogP contribution in [0.15, 0.2) is 200 Å². The zero-order valence-corrected chi connectivity index (χ0v) is 30.5. The van der Waals surface area contributed by atoms with Crippen LogP contribution in [0.1, 0.15) is 5.56 Å². The molecule has 0 atom stereocenters. The van der Waals surface area contributed by atoms with E-state index < -0.39 is 0 Å². The SMILES string of the molecule is Cc1ccc2c(c1)B1c3c(cccc3N2c2cccc3ccccc23)N(c2ccccc2)c2cc(N(c3ccccc3)c3ccccc3)c3ccccc3c21. The molecule has 0 unspecified atom stereocenters. The van der Waals surface area contributed by atoms with Crippen LogP contribution in [0.4, 0.5) is 51.2 Å². The molecule has 0 N–H and O–H groups in total. The first-order valence-corrected chi connectivity index (χ1v) is 19.1. The van der Waals surface area contributed by atoms with E-state index >= 15 is 0 Å². The van der Waals surface area contributed by atoms with Gasteiger partial charge in [-0.05, 0) is 101 Å². The van der Waals surface area contributed by atoms with E-state index in [9.17, 15) is 0 Å². The van der Waals surface area contributed by atoms with Crippen molar-refractivity contribution in [2.75, 3.05) is 14.7 Å². The molecule has 2 heterocycles. The Balaban J connectivity index is 1.27. The van der Waals surface area contributed by atoms with E-state index in [-0.39, 0.29) is 6.71 Å². The molecule has 0 saturated carbocycles. The quantitative estimate of drug-likeness (QED) is 0.165. The standard InChI is InChI=1S/C51H36BN3/c1-35-31-32-45-43(33-35)52-50-42-27-14-13-26-41(42)48(53(37-19-5-2-6-20-37)38-21-7-3-8-22-38)34-49(50)54(39-23-9-4-10-24-39)46-29-16-30-47(51(46)52)55(45)44-28-15-18-36-17-11-12-25-40(36)44/h2-34H,1H3. The minimum Gasteiger partial charge on any atom is -0.311 e. The van der Waals surface area contributed by atoms with Crippen LogP contribution in [0.25, 0.3) is 21.5 Å². The number of anilines is 9. The molecule has 0 spiro atoms. The van der Waals surface area contributed by atoms with Crippen LogP contribution in [0.2, 0.25) is 0 Å². The molecule has 0 fully saturated rings. The molecule has 0 radical (unpaired) electrons. The monoisotopic (exact) mass is 701 g/mol. The number of hydrogen-bond acceptors (Lipinski definition) is 3. The number of nitrogens with zero attached hydrogens (tertiary/aromatic N) is 3. The Morgan fingerprint density at radius 2 is 0.964 bits per heavy atom. The van der Waals surface area contributed by atoms with Crippen molar-refractivity contribution < 1.29 is 0 Å². The minimum absolute atomic E-state index is 0.00291. The fourth-order valence-corrected chi connectivity index (χ4v) is 9.19. The topological polar surface area (TPSA) is 9.72 Å². The van der Waals surface area contributed by atoms with Gasteiger partial charge in [-0.15, -0.1) is 0 Å². The molecule has 0 amide bonds. The summed E-state index contributed by atoms with van der Waals surface area (Å²) in [7, 11) is 0. The molecular formula is C51H36BN3. The predicted molar refractivity (Wildman–Crippen MR) is 235 cm³/mol. The fraction of sp³-hybridized carbons (Fsp3) is 0.0196. The molecule has 0 saturated heterocycles. The summed E-state index contributed by atoms with van der Waals surface area (Å²) in [6.45, 7) is 2.23. The maximum Gasteiger partial charge on any atom is 0.252 e. The van der Waals surface area contributed by atoms with Crippen LogP contribution in [0.3, 0.4) is 0 Å². The molecule has 0 aromatic heterocycles. The van der Waals surface area contributed by atoms with Gasteiger partial charge in [0.15, 0.2) is 0 Å². The second kappa shape index (κ2) is 12.5. The summed E-state index contributed by atoms with van der Waals surface area (Å²) in [4.78, 5) is 7.44. The number of rotatable bonds is 5. The van der Waals surface area contributed by atoms with Gasteiger partial charge in [-0.1, -0.05) is 139 Å². The highest BCUT2D eigenvalue weighted by molar-refractivity contribution is 7.01. The van der Waals surface area contributed by atoms with Gasteiger partial charge in [-0.25, -0.2) is 0 Å². The molecule has 55 heavy (non-hydrogen) atoms. The van der Waals surface area contributed by atoms with Crippen LogP contribution in [0, 0.1) is 6.92 Å². The van der Waals surface area contributed by atoms with E-state index in [0.717, 1.165) is 22.7 Å². The van der Waals surface area contributed by atoms with Gasteiger partial charge in [0.2, 0.25) is 0 Å². The van der Waals surface area contributed by atoms with Crippen LogP contribution in [-0.2, 0) is 0 Å². The summed E-state index contributed by atoms with van der Waals surface area (Å²) in [5.74, 6) is 0. The number of hydrogen-bond donors (Lipinski definition) is 0. The number of para-hydroxylation sites is 3. The lowest BCUT2D eigenvalue weighted by Gasteiger charge is -2.45. The Labute approximate surface area is 322 Å². The van der Waals surface area contributed by atoms with E-state index in [1.165, 1.54) is 71.9 Å². The van der Waals surface area contributed by atoms with Gasteiger partial charge in [0.1, 0.15) is 0 Å². The van der Waals surface area contributed by atoms with E-state index in [1.54, 1.807) is 0 Å². The van der Waals surface area contributed by atoms with Crippen molar-refractivity contribution in [3.63, 3.8) is 0 Å². The first-order valence-electron chi connectivity index (χ1n) is 19.1. The van der Waals surface area contributed by atoms with E-state index in [2.05, 4.69) is 222 Å². The second-order valence-corrected chi connectivity index (χ2v) is 14.6. The van der Waals surface area contributed by atoms with Crippen molar-refractivity contribution in [2.45, 2.75) is 6.92 Å². The fourth-order valence-electron chi connectivity index (χ4n) is 9.19. The van der Waals surface area contributed by atoms with Crippen LogP contribution >= 0.6 is 0 Å². The Morgan fingerprint density at radius 1 is 0.400 bits per heavy atom. The Kier molecular flexibility index (Phi) is 7.18. The number of aryl methyl sites for hydroxylation is 1. The van der Waals surface area contributed by atoms with Crippen LogP contribution in [0.5, 0.6) is 0 Å². The van der Waals surface area contributed by atoms with E-state index in [1.807, 2.05) is 0 Å². The molecule has 4 heteroatoms. The Hall–Kier alpha value is -7.04. The van der Waals surface area contributed by atoms with Crippen LogP contribution in [-0.4, -0.2) is 6.71 Å². The third kappa shape index (κ3) is 4.85. The van der Waals surface area contributed by atoms with Crippen molar-refractivity contribution in [3.05, 3.63) is 206 Å². The summed E-state index contributed by atoms with van der Waals surface area (Å²) in [6, 6.07) is 73.3. The van der Waals surface area contributed by atoms with Crippen molar-refractivity contribution in [1.29, 1.82) is 0 Å². The van der Waals surface area contributed by atoms with Crippen molar-refractivity contribution in [1.82, 2.24) is 0 Å². The van der Waals surface area contributed by atoms with Gasteiger partial charge in [0.25, 0.3) is 6.71 Å². The van der Waals surface area contributed by atoms with Crippen molar-refractivity contribution in [3.8, 4) is 0 Å². The van der Waals surface area contributed by atoms with E-state index in [0.29, 0.717) is 0 Å². The molecule has 2 aliphatic heterocycles. The lowest BCUT2D eigenvalue weighted by atomic mass is 9.33. The molecule has 11 rings (SSSR count). The summed E-state index contributed by atoms with van der Waals surface area (Å²) in [6.07, 6.45) is 0. The third-order valence-corrected chi connectivity index (χ3v) is 11.4. The molecule has 9 aromatic rings. The van der Waals surface area contributed by atoms with Crippen LogP contribution < -0.4 is 31.1 Å². The molecule has 258 valence electrons. The minimum atomic E-state index is 0.00291. The molecule has 3 nitrogen and oxygen atoms in total. The highest BCUT2D eigenvalue weighted by Gasteiger charge is 2.44. The highest BCUT2D eigenvalue weighted by atomic mass is 15.2. The van der Waals surface area contributed by atoms with Gasteiger partial charge in [-0.2, -0.15) is 0 Å². The van der Waals surface area contributed by atoms with Crippen molar-refractivity contribution in [2.24, 2.45) is 0 Å². The molecular weight excluding hydrogens is 665 g/mol. The zero-order chi connectivity index (χ0) is 36.5. The zero-order valence-electron chi connectivity index (χ0n) is 30.5. The van der Waals surface area contributed by atoms with Gasteiger partial charge < -0.3 is 14.7 Å². The molecule has 0 aliphatic carbocycles. The molecule has 9 aromatic carbocycles. The summed E-state index contributed by atoms with van der Waals surface area (Å²) in [5.41, 5.74) is 15.8. The second-order valence-electron chi connectivity index (χ2n) is 14.6. The van der Waals surface area contributed by atoms with Crippen molar-refractivity contribution >= 4 is 95.8 Å². The van der Waals surface area contributed by atoms with Gasteiger partial charge >= 0.3 is 0 Å². The summed E-state index contributed by atoms with van der Waals surface area (Å²) < 4.78 is 0. The van der Waals surface area contributed by atoms with E-state index in [4.69, 9.17) is 0 Å². The average molecular weight is 702 g/mol.